The molecular formula is C11H13N3O2. The fourth-order valence-corrected chi connectivity index (χ4v) is 1.83. The molecule has 0 N–H and O–H groups in total. The van der Waals surface area contributed by atoms with E-state index in [1.165, 1.54) is 4.57 Å². The summed E-state index contributed by atoms with van der Waals surface area (Å²) in [7, 11) is 0. The van der Waals surface area contributed by atoms with Crippen molar-refractivity contribution in [2.45, 2.75) is 26.9 Å². The molecule has 5 heteroatoms. The summed E-state index contributed by atoms with van der Waals surface area (Å²) in [4.78, 5) is 27.9. The van der Waals surface area contributed by atoms with Crippen LogP contribution in [0.2, 0.25) is 0 Å². The molecule has 84 valence electrons. The standard InChI is InChI=1S/C11H13N3O2/c1-3-13-8-6-5-7-12-9(8)10(15)14(4-2)11(13)16/h5-7H,3-4H2,1-2H3. The van der Waals surface area contributed by atoms with Gasteiger partial charge in [0.2, 0.25) is 0 Å². The molecule has 16 heavy (non-hydrogen) atoms. The number of fused-ring (bicyclic) bond motifs is 1. The third-order valence-corrected chi connectivity index (χ3v) is 2.62. The van der Waals surface area contributed by atoms with Gasteiger partial charge in [0, 0.05) is 19.3 Å². The van der Waals surface area contributed by atoms with Crippen molar-refractivity contribution in [2.75, 3.05) is 0 Å². The minimum atomic E-state index is -0.312. The van der Waals surface area contributed by atoms with Crippen LogP contribution in [0.25, 0.3) is 11.0 Å². The van der Waals surface area contributed by atoms with E-state index in [9.17, 15) is 9.59 Å². The van der Waals surface area contributed by atoms with Crippen LogP contribution < -0.4 is 11.2 Å². The van der Waals surface area contributed by atoms with E-state index in [1.807, 2.05) is 6.92 Å². The lowest BCUT2D eigenvalue weighted by Crippen LogP contribution is -2.39. The first-order chi connectivity index (χ1) is 7.70. The van der Waals surface area contributed by atoms with Crippen molar-refractivity contribution in [1.29, 1.82) is 0 Å². The van der Waals surface area contributed by atoms with Crippen LogP contribution >= 0.6 is 0 Å². The van der Waals surface area contributed by atoms with Crippen LogP contribution in [-0.2, 0) is 13.1 Å². The Hall–Kier alpha value is -1.91. The second kappa shape index (κ2) is 3.92. The largest absolute Gasteiger partial charge is 0.331 e. The molecule has 0 fully saturated rings. The van der Waals surface area contributed by atoms with E-state index in [4.69, 9.17) is 0 Å². The van der Waals surface area contributed by atoms with Gasteiger partial charge < -0.3 is 0 Å². The Kier molecular flexibility index (Phi) is 2.60. The number of nitrogens with zero attached hydrogens (tertiary/aromatic N) is 3. The summed E-state index contributed by atoms with van der Waals surface area (Å²) < 4.78 is 2.77. The SMILES string of the molecule is CCn1c(=O)c2ncccc2n(CC)c1=O. The number of aryl methyl sites for hydroxylation is 1. The Labute approximate surface area is 92.0 Å². The van der Waals surface area contributed by atoms with Gasteiger partial charge in [0.25, 0.3) is 5.56 Å². The van der Waals surface area contributed by atoms with Crippen molar-refractivity contribution in [2.24, 2.45) is 0 Å². The zero-order valence-corrected chi connectivity index (χ0v) is 9.30. The molecule has 0 radical (unpaired) electrons. The highest BCUT2D eigenvalue weighted by Crippen LogP contribution is 2.03. The van der Waals surface area contributed by atoms with Gasteiger partial charge >= 0.3 is 5.69 Å². The Balaban J connectivity index is 3.07. The molecule has 0 aromatic carbocycles. The van der Waals surface area contributed by atoms with Crippen molar-refractivity contribution in [3.63, 3.8) is 0 Å². The molecule has 2 aromatic rings. The summed E-state index contributed by atoms with van der Waals surface area (Å²) >= 11 is 0. The van der Waals surface area contributed by atoms with E-state index in [0.717, 1.165) is 0 Å². The fourth-order valence-electron chi connectivity index (χ4n) is 1.83. The molecule has 0 aliphatic carbocycles. The lowest BCUT2D eigenvalue weighted by atomic mass is 10.3. The lowest BCUT2D eigenvalue weighted by Gasteiger charge is -2.09. The van der Waals surface area contributed by atoms with Crippen molar-refractivity contribution >= 4 is 11.0 Å². The molecule has 0 atom stereocenters. The molecule has 0 spiro atoms. The molecule has 0 bridgehead atoms. The van der Waals surface area contributed by atoms with Crippen LogP contribution in [0, 0.1) is 0 Å². The lowest BCUT2D eigenvalue weighted by molar-refractivity contribution is 0.607. The van der Waals surface area contributed by atoms with E-state index in [0.29, 0.717) is 24.1 Å². The van der Waals surface area contributed by atoms with Gasteiger partial charge in [-0.05, 0) is 26.0 Å². The predicted molar refractivity (Wildman–Crippen MR) is 61.6 cm³/mol. The first kappa shape index (κ1) is 10.6. The summed E-state index contributed by atoms with van der Waals surface area (Å²) in [6, 6.07) is 3.47. The van der Waals surface area contributed by atoms with Crippen LogP contribution in [0.4, 0.5) is 0 Å². The maximum absolute atomic E-state index is 12.0. The zero-order valence-electron chi connectivity index (χ0n) is 9.30. The fraction of sp³-hybridized carbons (Fsp3) is 0.364. The number of pyridine rings is 1. The van der Waals surface area contributed by atoms with E-state index in [-0.39, 0.29) is 11.2 Å². The zero-order chi connectivity index (χ0) is 11.7. The molecule has 2 aromatic heterocycles. The van der Waals surface area contributed by atoms with Gasteiger partial charge in [-0.3, -0.25) is 13.9 Å². The molecule has 5 nitrogen and oxygen atoms in total. The van der Waals surface area contributed by atoms with Crippen molar-refractivity contribution in [3.05, 3.63) is 39.2 Å². The molecule has 0 saturated carbocycles. The van der Waals surface area contributed by atoms with Crippen LogP contribution in [0.1, 0.15) is 13.8 Å². The van der Waals surface area contributed by atoms with Crippen LogP contribution in [0.5, 0.6) is 0 Å². The number of hydrogen-bond acceptors (Lipinski definition) is 3. The third-order valence-electron chi connectivity index (χ3n) is 2.62. The topological polar surface area (TPSA) is 56.9 Å². The summed E-state index contributed by atoms with van der Waals surface area (Å²) in [6.07, 6.45) is 1.56. The van der Waals surface area contributed by atoms with E-state index in [1.54, 1.807) is 29.8 Å². The number of aromatic nitrogens is 3. The Morgan fingerprint density at radius 1 is 1.19 bits per heavy atom. The van der Waals surface area contributed by atoms with Crippen molar-refractivity contribution in [3.8, 4) is 0 Å². The third kappa shape index (κ3) is 1.36. The molecule has 0 aliphatic rings. The molecular weight excluding hydrogens is 206 g/mol. The maximum Gasteiger partial charge on any atom is 0.331 e. The second-order valence-corrected chi connectivity index (χ2v) is 3.45. The second-order valence-electron chi connectivity index (χ2n) is 3.45. The minimum Gasteiger partial charge on any atom is -0.292 e. The van der Waals surface area contributed by atoms with Crippen molar-refractivity contribution < 1.29 is 0 Å². The van der Waals surface area contributed by atoms with Crippen LogP contribution in [-0.4, -0.2) is 14.1 Å². The van der Waals surface area contributed by atoms with E-state index >= 15 is 0 Å². The smallest absolute Gasteiger partial charge is 0.292 e. The van der Waals surface area contributed by atoms with Gasteiger partial charge in [-0.1, -0.05) is 0 Å². The molecule has 0 amide bonds. The summed E-state index contributed by atoms with van der Waals surface area (Å²) in [5.41, 5.74) is 0.374. The van der Waals surface area contributed by atoms with Crippen LogP contribution in [0.3, 0.4) is 0 Å². The maximum atomic E-state index is 12.0. The molecule has 0 unspecified atom stereocenters. The molecule has 2 heterocycles. The van der Waals surface area contributed by atoms with Crippen LogP contribution in [0.15, 0.2) is 27.9 Å². The number of hydrogen-bond donors (Lipinski definition) is 0. The van der Waals surface area contributed by atoms with Gasteiger partial charge in [-0.2, -0.15) is 0 Å². The van der Waals surface area contributed by atoms with Gasteiger partial charge in [0.05, 0.1) is 5.52 Å². The Morgan fingerprint density at radius 2 is 1.88 bits per heavy atom. The highest BCUT2D eigenvalue weighted by atomic mass is 16.2. The van der Waals surface area contributed by atoms with Crippen molar-refractivity contribution in [1.82, 2.24) is 14.1 Å². The molecule has 0 aliphatic heterocycles. The highest BCUT2D eigenvalue weighted by molar-refractivity contribution is 5.72. The molecule has 0 saturated heterocycles. The average molecular weight is 219 g/mol. The van der Waals surface area contributed by atoms with Gasteiger partial charge in [-0.25, -0.2) is 9.78 Å². The summed E-state index contributed by atoms with van der Waals surface area (Å²) in [5, 5.41) is 0. The molecule has 2 rings (SSSR count). The quantitative estimate of drug-likeness (QED) is 0.743. The normalized spacial score (nSPS) is 10.9. The highest BCUT2D eigenvalue weighted by Gasteiger charge is 2.10. The predicted octanol–water partition coefficient (Wildman–Crippen LogP) is 0.598. The Morgan fingerprint density at radius 3 is 2.50 bits per heavy atom. The minimum absolute atomic E-state index is 0.268. The van der Waals surface area contributed by atoms with Gasteiger partial charge in [0.15, 0.2) is 5.52 Å². The van der Waals surface area contributed by atoms with E-state index < -0.39 is 0 Å². The number of rotatable bonds is 2. The van der Waals surface area contributed by atoms with Gasteiger partial charge in [-0.15, -0.1) is 0 Å². The van der Waals surface area contributed by atoms with E-state index in [2.05, 4.69) is 4.98 Å². The summed E-state index contributed by atoms with van der Waals surface area (Å²) in [5.74, 6) is 0. The van der Waals surface area contributed by atoms with Gasteiger partial charge in [0.1, 0.15) is 0 Å². The first-order valence-corrected chi connectivity index (χ1v) is 5.29. The monoisotopic (exact) mass is 219 g/mol. The Bertz CT molecular complexity index is 640. The average Bonchev–Trinajstić information content (AvgIpc) is 2.30. The summed E-state index contributed by atoms with van der Waals surface area (Å²) in [6.45, 7) is 4.54. The first-order valence-electron chi connectivity index (χ1n) is 5.29.